The van der Waals surface area contributed by atoms with Gasteiger partial charge >= 0.3 is 5.97 Å². The number of carbonyl (C=O) groups is 2. The highest BCUT2D eigenvalue weighted by Crippen LogP contribution is 2.47. The van der Waals surface area contributed by atoms with E-state index in [1.807, 2.05) is 79.7 Å². The molecule has 3 aromatic rings. The Morgan fingerprint density at radius 2 is 1.51 bits per heavy atom. The molecule has 1 unspecified atom stereocenters. The zero-order chi connectivity index (χ0) is 28.2. The van der Waals surface area contributed by atoms with Gasteiger partial charge in [0.1, 0.15) is 24.4 Å². The molecular formula is C36H37NO4. The first-order chi connectivity index (χ1) is 20.1. The van der Waals surface area contributed by atoms with E-state index >= 15 is 0 Å². The van der Waals surface area contributed by atoms with Crippen molar-refractivity contribution in [2.45, 2.75) is 76.4 Å². The monoisotopic (exact) mass is 547 g/mol. The fraction of sp³-hybridized carbons (Fsp3) is 0.361. The SMILES string of the molecule is CC1=NC2=C(C(=O)C[C@@H](c3ccccc3)C2)[C@H](c2ccc(OCc3ccccc3)cc2)C1C(=O)OC1CCCCC1. The average molecular weight is 548 g/mol. The van der Waals surface area contributed by atoms with Crippen LogP contribution in [0.15, 0.2) is 101 Å². The van der Waals surface area contributed by atoms with Crippen LogP contribution in [-0.2, 0) is 20.9 Å². The van der Waals surface area contributed by atoms with E-state index < -0.39 is 11.8 Å². The quantitative estimate of drug-likeness (QED) is 0.284. The lowest BCUT2D eigenvalue weighted by Gasteiger charge is -2.37. The first-order valence-electron chi connectivity index (χ1n) is 14.9. The predicted octanol–water partition coefficient (Wildman–Crippen LogP) is 7.72. The van der Waals surface area contributed by atoms with Gasteiger partial charge in [-0.05, 0) is 73.8 Å². The van der Waals surface area contributed by atoms with E-state index in [1.165, 1.54) is 6.42 Å². The van der Waals surface area contributed by atoms with Crippen molar-refractivity contribution in [2.24, 2.45) is 10.9 Å². The van der Waals surface area contributed by atoms with Gasteiger partial charge in [0.25, 0.3) is 0 Å². The summed E-state index contributed by atoms with van der Waals surface area (Å²) in [5, 5.41) is 0. The van der Waals surface area contributed by atoms with Crippen molar-refractivity contribution in [3.05, 3.63) is 113 Å². The van der Waals surface area contributed by atoms with Crippen LogP contribution in [0, 0.1) is 5.92 Å². The molecule has 41 heavy (non-hydrogen) atoms. The smallest absolute Gasteiger partial charge is 0.315 e. The lowest BCUT2D eigenvalue weighted by Crippen LogP contribution is -2.39. The number of hydrogen-bond donors (Lipinski definition) is 0. The van der Waals surface area contributed by atoms with Crippen LogP contribution in [0.3, 0.4) is 0 Å². The molecule has 0 saturated heterocycles. The molecule has 6 rings (SSSR count). The molecule has 0 amide bonds. The summed E-state index contributed by atoms with van der Waals surface area (Å²) >= 11 is 0. The minimum Gasteiger partial charge on any atom is -0.489 e. The molecular weight excluding hydrogens is 510 g/mol. The second-order valence-electron chi connectivity index (χ2n) is 11.5. The Labute approximate surface area is 242 Å². The molecule has 5 nitrogen and oxygen atoms in total. The second-order valence-corrected chi connectivity index (χ2v) is 11.5. The summed E-state index contributed by atoms with van der Waals surface area (Å²) in [6.07, 6.45) is 6.19. The van der Waals surface area contributed by atoms with Crippen LogP contribution in [-0.4, -0.2) is 23.6 Å². The Morgan fingerprint density at radius 1 is 0.829 bits per heavy atom. The van der Waals surface area contributed by atoms with E-state index in [-0.39, 0.29) is 23.8 Å². The molecule has 1 aliphatic heterocycles. The summed E-state index contributed by atoms with van der Waals surface area (Å²) in [6, 6.07) is 28.1. The molecule has 210 valence electrons. The molecule has 3 aliphatic rings. The molecule has 2 aliphatic carbocycles. The minimum atomic E-state index is -0.621. The molecule has 0 aromatic heterocycles. The normalized spacial score (nSPS) is 23.0. The van der Waals surface area contributed by atoms with Crippen LogP contribution in [0.5, 0.6) is 5.75 Å². The van der Waals surface area contributed by atoms with Crippen LogP contribution in [0.1, 0.15) is 80.4 Å². The Morgan fingerprint density at radius 3 is 2.22 bits per heavy atom. The maximum atomic E-state index is 13.9. The van der Waals surface area contributed by atoms with Crippen LogP contribution < -0.4 is 4.74 Å². The van der Waals surface area contributed by atoms with Gasteiger partial charge in [0.15, 0.2) is 5.78 Å². The number of rotatable bonds is 7. The number of esters is 1. The molecule has 0 N–H and O–H groups in total. The summed E-state index contributed by atoms with van der Waals surface area (Å²) in [7, 11) is 0. The van der Waals surface area contributed by atoms with Gasteiger partial charge in [0, 0.05) is 29.3 Å². The van der Waals surface area contributed by atoms with Gasteiger partial charge < -0.3 is 9.47 Å². The number of aliphatic imine (C=N–C) groups is 1. The van der Waals surface area contributed by atoms with E-state index in [2.05, 4.69) is 12.1 Å². The van der Waals surface area contributed by atoms with Crippen LogP contribution in [0.4, 0.5) is 0 Å². The second kappa shape index (κ2) is 12.3. The summed E-state index contributed by atoms with van der Waals surface area (Å²) in [4.78, 5) is 32.6. The molecule has 0 spiro atoms. The Hall–Kier alpha value is -3.99. The van der Waals surface area contributed by atoms with Crippen molar-refractivity contribution < 1.29 is 19.1 Å². The van der Waals surface area contributed by atoms with E-state index in [9.17, 15) is 9.59 Å². The van der Waals surface area contributed by atoms with E-state index in [1.54, 1.807) is 0 Å². The maximum Gasteiger partial charge on any atom is 0.315 e. The van der Waals surface area contributed by atoms with Gasteiger partial charge in [0.05, 0.1) is 0 Å². The highest BCUT2D eigenvalue weighted by atomic mass is 16.5. The van der Waals surface area contributed by atoms with E-state index in [0.717, 1.165) is 59.5 Å². The van der Waals surface area contributed by atoms with Gasteiger partial charge in [-0.25, -0.2) is 0 Å². The molecule has 1 saturated carbocycles. The highest BCUT2D eigenvalue weighted by molar-refractivity contribution is 6.09. The van der Waals surface area contributed by atoms with Crippen molar-refractivity contribution in [1.82, 2.24) is 0 Å². The lowest BCUT2D eigenvalue weighted by atomic mass is 9.69. The molecule has 3 aromatic carbocycles. The van der Waals surface area contributed by atoms with Gasteiger partial charge in [0.2, 0.25) is 0 Å². The lowest BCUT2D eigenvalue weighted by molar-refractivity contribution is -0.153. The third-order valence-electron chi connectivity index (χ3n) is 8.74. The zero-order valence-electron chi connectivity index (χ0n) is 23.6. The summed E-state index contributed by atoms with van der Waals surface area (Å²) in [5.74, 6) is -0.416. The van der Waals surface area contributed by atoms with Crippen molar-refractivity contribution in [3.8, 4) is 5.75 Å². The van der Waals surface area contributed by atoms with Crippen LogP contribution in [0.25, 0.3) is 0 Å². The molecule has 0 radical (unpaired) electrons. The maximum absolute atomic E-state index is 13.9. The van der Waals surface area contributed by atoms with E-state index in [4.69, 9.17) is 14.5 Å². The van der Waals surface area contributed by atoms with Gasteiger partial charge in [-0.1, -0.05) is 79.2 Å². The number of carbonyl (C=O) groups excluding carboxylic acids is 2. The summed E-state index contributed by atoms with van der Waals surface area (Å²) in [5.41, 5.74) is 5.36. The number of allylic oxidation sites excluding steroid dienone is 2. The average Bonchev–Trinajstić information content (AvgIpc) is 3.01. The third-order valence-corrected chi connectivity index (χ3v) is 8.74. The summed E-state index contributed by atoms with van der Waals surface area (Å²) in [6.45, 7) is 2.39. The third kappa shape index (κ3) is 6.04. The van der Waals surface area contributed by atoms with Gasteiger partial charge in [-0.3, -0.25) is 14.6 Å². The molecule has 1 fully saturated rings. The fourth-order valence-electron chi connectivity index (χ4n) is 6.62. The van der Waals surface area contributed by atoms with Crippen LogP contribution >= 0.6 is 0 Å². The van der Waals surface area contributed by atoms with Gasteiger partial charge in [-0.15, -0.1) is 0 Å². The first kappa shape index (κ1) is 27.2. The van der Waals surface area contributed by atoms with Crippen LogP contribution in [0.2, 0.25) is 0 Å². The zero-order valence-corrected chi connectivity index (χ0v) is 23.6. The number of ether oxygens (including phenoxy) is 2. The van der Waals surface area contributed by atoms with Crippen molar-refractivity contribution in [1.29, 1.82) is 0 Å². The highest BCUT2D eigenvalue weighted by Gasteiger charge is 2.45. The summed E-state index contributed by atoms with van der Waals surface area (Å²) < 4.78 is 12.1. The number of benzene rings is 3. The predicted molar refractivity (Wildman–Crippen MR) is 160 cm³/mol. The van der Waals surface area contributed by atoms with E-state index in [0.29, 0.717) is 25.0 Å². The largest absolute Gasteiger partial charge is 0.489 e. The molecule has 0 bridgehead atoms. The standard InChI is InChI=1S/C36H37NO4/c1-24-33(36(39)41-30-15-9-4-10-16-30)34(27-17-19-29(20-18-27)40-23-25-11-5-2-6-12-25)35-31(37-24)21-28(22-32(35)38)26-13-7-3-8-14-26/h2-3,5-8,11-14,17-20,28,30,33-34H,4,9-10,15-16,21-23H2,1H3/t28-,33?,34+/m0/s1. The Kier molecular flexibility index (Phi) is 8.13. The number of nitrogens with zero attached hydrogens (tertiary/aromatic N) is 1. The van der Waals surface area contributed by atoms with Crippen molar-refractivity contribution >= 4 is 17.5 Å². The Bertz CT molecular complexity index is 1440. The van der Waals surface area contributed by atoms with Crippen molar-refractivity contribution in [3.63, 3.8) is 0 Å². The fourth-order valence-corrected chi connectivity index (χ4v) is 6.62. The van der Waals surface area contributed by atoms with Gasteiger partial charge in [-0.2, -0.15) is 0 Å². The number of hydrogen-bond acceptors (Lipinski definition) is 5. The number of ketones is 1. The molecule has 1 heterocycles. The number of Topliss-reactive ketones (excluding diaryl/α,β-unsaturated/α-hetero) is 1. The minimum absolute atomic E-state index is 0.0571. The Balaban J connectivity index is 1.31. The molecule has 5 heteroatoms. The topological polar surface area (TPSA) is 65.0 Å². The first-order valence-corrected chi connectivity index (χ1v) is 14.9. The molecule has 3 atom stereocenters. The van der Waals surface area contributed by atoms with Crippen molar-refractivity contribution in [2.75, 3.05) is 0 Å².